The van der Waals surface area contributed by atoms with E-state index in [1.807, 2.05) is 0 Å². The van der Waals surface area contributed by atoms with Crippen LogP contribution in [0.2, 0.25) is 0 Å². The molecule has 6 nitrogen and oxygen atoms in total. The number of esters is 1. The van der Waals surface area contributed by atoms with E-state index < -0.39 is 11.7 Å². The second-order valence-corrected chi connectivity index (χ2v) is 2.32. The number of H-pyrrole nitrogens is 1. The molecule has 1 N–H and O–H groups in total. The minimum absolute atomic E-state index is 0.0307. The molecule has 0 atom stereocenters. The number of nitrogens with zero attached hydrogens (tertiary/aromatic N) is 2. The quantitative estimate of drug-likeness (QED) is 0.584. The Labute approximate surface area is 73.4 Å². The van der Waals surface area contributed by atoms with Crippen LogP contribution in [0, 0.1) is 11.3 Å². The number of hydrogen-bond donors (Lipinski definition) is 1. The third kappa shape index (κ3) is 1.31. The van der Waals surface area contributed by atoms with Crippen LogP contribution < -0.4 is 5.69 Å². The standard InChI is InChI=1S/C7H7N3O3/c1-10-4(3-8)5(6(11)13-2)9-7(10)12/h1-2H3,(H,9,12). The van der Waals surface area contributed by atoms with Crippen LogP contribution >= 0.6 is 0 Å². The largest absolute Gasteiger partial charge is 0.464 e. The molecule has 0 bridgehead atoms. The highest BCUT2D eigenvalue weighted by Crippen LogP contribution is 2.02. The average Bonchev–Trinajstić information content (AvgIpc) is 2.42. The monoisotopic (exact) mass is 181 g/mol. The van der Waals surface area contributed by atoms with Gasteiger partial charge in [0.2, 0.25) is 0 Å². The first kappa shape index (κ1) is 9.06. The van der Waals surface area contributed by atoms with Crippen LogP contribution in [0.15, 0.2) is 4.79 Å². The van der Waals surface area contributed by atoms with Crippen LogP contribution in [-0.2, 0) is 11.8 Å². The number of carbonyl (C=O) groups excluding carboxylic acids is 1. The van der Waals surface area contributed by atoms with Crippen molar-refractivity contribution in [2.45, 2.75) is 0 Å². The summed E-state index contributed by atoms with van der Waals surface area (Å²) >= 11 is 0. The van der Waals surface area contributed by atoms with Gasteiger partial charge in [0.25, 0.3) is 0 Å². The number of rotatable bonds is 1. The van der Waals surface area contributed by atoms with Gasteiger partial charge in [0.1, 0.15) is 6.07 Å². The Bertz CT molecular complexity index is 435. The second-order valence-electron chi connectivity index (χ2n) is 2.32. The van der Waals surface area contributed by atoms with Crippen LogP contribution in [0.3, 0.4) is 0 Å². The highest BCUT2D eigenvalue weighted by molar-refractivity contribution is 5.89. The molecule has 6 heteroatoms. The van der Waals surface area contributed by atoms with Crippen molar-refractivity contribution in [1.82, 2.24) is 9.55 Å². The molecule has 0 aliphatic carbocycles. The molecule has 0 saturated carbocycles. The predicted octanol–water partition coefficient (Wildman–Crippen LogP) is -0.628. The molecule has 0 aromatic carbocycles. The Kier molecular flexibility index (Phi) is 2.19. The van der Waals surface area contributed by atoms with Gasteiger partial charge in [-0.15, -0.1) is 0 Å². The lowest BCUT2D eigenvalue weighted by Crippen LogP contribution is -2.13. The van der Waals surface area contributed by atoms with E-state index in [1.165, 1.54) is 14.2 Å². The summed E-state index contributed by atoms with van der Waals surface area (Å²) in [5.74, 6) is -0.728. The number of carbonyl (C=O) groups is 1. The van der Waals surface area contributed by atoms with Crippen molar-refractivity contribution in [2.75, 3.05) is 7.11 Å². The van der Waals surface area contributed by atoms with Crippen LogP contribution in [0.5, 0.6) is 0 Å². The van der Waals surface area contributed by atoms with Crippen LogP contribution in [-0.4, -0.2) is 22.6 Å². The van der Waals surface area contributed by atoms with Gasteiger partial charge in [0.15, 0.2) is 11.4 Å². The van der Waals surface area contributed by atoms with Crippen molar-refractivity contribution >= 4 is 5.97 Å². The molecular weight excluding hydrogens is 174 g/mol. The maximum atomic E-state index is 11.0. The van der Waals surface area contributed by atoms with Crippen LogP contribution in [0.4, 0.5) is 0 Å². The van der Waals surface area contributed by atoms with Gasteiger partial charge in [-0.05, 0) is 0 Å². The molecule has 0 spiro atoms. The van der Waals surface area contributed by atoms with Gasteiger partial charge in [-0.1, -0.05) is 0 Å². The van der Waals surface area contributed by atoms with Gasteiger partial charge in [-0.3, -0.25) is 9.55 Å². The molecule has 0 aliphatic heterocycles. The molecule has 1 heterocycles. The third-order valence-electron chi connectivity index (χ3n) is 1.60. The Morgan fingerprint density at radius 1 is 1.69 bits per heavy atom. The summed E-state index contributed by atoms with van der Waals surface area (Å²) in [6, 6.07) is 1.73. The molecule has 0 fully saturated rings. The topological polar surface area (TPSA) is 87.9 Å². The van der Waals surface area contributed by atoms with Gasteiger partial charge in [0.05, 0.1) is 7.11 Å². The van der Waals surface area contributed by atoms with E-state index in [2.05, 4.69) is 9.72 Å². The maximum absolute atomic E-state index is 11.0. The van der Waals surface area contributed by atoms with E-state index in [9.17, 15) is 9.59 Å². The lowest BCUT2D eigenvalue weighted by atomic mass is 10.3. The predicted molar refractivity (Wildman–Crippen MR) is 42.1 cm³/mol. The Morgan fingerprint density at radius 2 is 2.31 bits per heavy atom. The number of aromatic amines is 1. The zero-order valence-corrected chi connectivity index (χ0v) is 7.12. The first-order valence-electron chi connectivity index (χ1n) is 3.39. The lowest BCUT2D eigenvalue weighted by Gasteiger charge is -1.94. The molecule has 0 amide bonds. The summed E-state index contributed by atoms with van der Waals surface area (Å²) in [6.07, 6.45) is 0. The van der Waals surface area contributed by atoms with Crippen molar-refractivity contribution in [3.8, 4) is 6.07 Å². The first-order valence-corrected chi connectivity index (χ1v) is 3.39. The Morgan fingerprint density at radius 3 is 2.77 bits per heavy atom. The minimum Gasteiger partial charge on any atom is -0.464 e. The number of nitrogens with one attached hydrogen (secondary N) is 1. The number of aromatic nitrogens is 2. The maximum Gasteiger partial charge on any atom is 0.357 e. The summed E-state index contributed by atoms with van der Waals surface area (Å²) in [4.78, 5) is 24.2. The van der Waals surface area contributed by atoms with E-state index in [0.717, 1.165) is 4.57 Å². The number of nitriles is 1. The number of ether oxygens (including phenoxy) is 1. The van der Waals surface area contributed by atoms with Gasteiger partial charge in [0, 0.05) is 7.05 Å². The molecule has 0 radical (unpaired) electrons. The Hall–Kier alpha value is -2.03. The molecule has 1 aromatic rings. The second kappa shape index (κ2) is 3.15. The van der Waals surface area contributed by atoms with Gasteiger partial charge in [-0.2, -0.15) is 5.26 Å². The zero-order chi connectivity index (χ0) is 10.0. The SMILES string of the molecule is COC(=O)c1[nH]c(=O)n(C)c1C#N. The molecule has 0 unspecified atom stereocenters. The van der Waals surface area contributed by atoms with Crippen molar-refractivity contribution in [2.24, 2.45) is 7.05 Å². The smallest absolute Gasteiger partial charge is 0.357 e. The van der Waals surface area contributed by atoms with E-state index in [0.29, 0.717) is 0 Å². The number of hydrogen-bond acceptors (Lipinski definition) is 4. The van der Waals surface area contributed by atoms with Crippen LogP contribution in [0.1, 0.15) is 16.2 Å². The van der Waals surface area contributed by atoms with E-state index in [1.54, 1.807) is 6.07 Å². The molecule has 1 rings (SSSR count). The molecule has 0 saturated heterocycles. The zero-order valence-electron chi connectivity index (χ0n) is 7.12. The summed E-state index contributed by atoms with van der Waals surface area (Å²) in [5, 5.41) is 8.62. The van der Waals surface area contributed by atoms with Crippen molar-refractivity contribution in [3.05, 3.63) is 21.9 Å². The summed E-state index contributed by atoms with van der Waals surface area (Å²) in [5.41, 5.74) is -0.661. The fraction of sp³-hybridized carbons (Fsp3) is 0.286. The number of methoxy groups -OCH3 is 1. The molecule has 0 aliphatic rings. The van der Waals surface area contributed by atoms with E-state index in [-0.39, 0.29) is 11.4 Å². The average molecular weight is 181 g/mol. The fourth-order valence-electron chi connectivity index (χ4n) is 0.900. The third-order valence-corrected chi connectivity index (χ3v) is 1.60. The van der Waals surface area contributed by atoms with Crippen molar-refractivity contribution in [3.63, 3.8) is 0 Å². The summed E-state index contributed by atoms with van der Waals surface area (Å²) in [6.45, 7) is 0. The Balaban J connectivity index is 3.40. The van der Waals surface area contributed by atoms with Crippen LogP contribution in [0.25, 0.3) is 0 Å². The van der Waals surface area contributed by atoms with Gasteiger partial charge >= 0.3 is 11.7 Å². The lowest BCUT2D eigenvalue weighted by molar-refractivity contribution is 0.0594. The number of imidazole rings is 1. The molecule has 1 aromatic heterocycles. The summed E-state index contributed by atoms with van der Waals surface area (Å²) < 4.78 is 5.42. The van der Waals surface area contributed by atoms with Crippen molar-refractivity contribution in [1.29, 1.82) is 5.26 Å². The molecule has 68 valence electrons. The normalized spacial score (nSPS) is 9.31. The highest BCUT2D eigenvalue weighted by Gasteiger charge is 2.17. The first-order chi connectivity index (χ1) is 6.11. The van der Waals surface area contributed by atoms with Gasteiger partial charge in [-0.25, -0.2) is 9.59 Å². The fourth-order valence-corrected chi connectivity index (χ4v) is 0.900. The highest BCUT2D eigenvalue weighted by atomic mass is 16.5. The van der Waals surface area contributed by atoms with E-state index >= 15 is 0 Å². The summed E-state index contributed by atoms with van der Waals surface area (Å²) in [7, 11) is 2.57. The van der Waals surface area contributed by atoms with Crippen molar-refractivity contribution < 1.29 is 9.53 Å². The minimum atomic E-state index is -0.728. The van der Waals surface area contributed by atoms with Gasteiger partial charge < -0.3 is 4.74 Å². The molecular formula is C7H7N3O3. The molecule has 13 heavy (non-hydrogen) atoms. The van der Waals surface area contributed by atoms with E-state index in [4.69, 9.17) is 5.26 Å².